The summed E-state index contributed by atoms with van der Waals surface area (Å²) in [6.07, 6.45) is 4.27. The maximum absolute atomic E-state index is 11.3. The van der Waals surface area contributed by atoms with E-state index in [9.17, 15) is 4.79 Å². The summed E-state index contributed by atoms with van der Waals surface area (Å²) in [5.74, 6) is -0.405. The first-order valence-electron chi connectivity index (χ1n) is 7.95. The minimum Gasteiger partial charge on any atom is -0.387 e. The van der Waals surface area contributed by atoms with E-state index < -0.39 is 12.5 Å². The predicted molar refractivity (Wildman–Crippen MR) is 93.0 cm³/mol. The van der Waals surface area contributed by atoms with Crippen molar-refractivity contribution in [2.45, 2.75) is 38.6 Å². The molecule has 2 aromatic rings. The summed E-state index contributed by atoms with van der Waals surface area (Å²) >= 11 is 1.80. The van der Waals surface area contributed by atoms with Crippen molar-refractivity contribution >= 4 is 28.6 Å². The van der Waals surface area contributed by atoms with Gasteiger partial charge in [0.25, 0.3) is 0 Å². The number of anilines is 2. The monoisotopic (exact) mass is 331 g/mol. The van der Waals surface area contributed by atoms with Crippen molar-refractivity contribution in [3.05, 3.63) is 39.8 Å². The minimum absolute atomic E-state index is 0.278. The summed E-state index contributed by atoms with van der Waals surface area (Å²) in [6.45, 7) is 1.63. The number of thiazole rings is 1. The number of hydrogen-bond donors (Lipinski definition) is 3. The van der Waals surface area contributed by atoms with E-state index >= 15 is 0 Å². The number of nitrogens with zero attached hydrogens (tertiary/aromatic N) is 1. The van der Waals surface area contributed by atoms with Crippen LogP contribution in [-0.4, -0.2) is 22.6 Å². The zero-order valence-electron chi connectivity index (χ0n) is 13.1. The van der Waals surface area contributed by atoms with Gasteiger partial charge in [0, 0.05) is 11.4 Å². The van der Waals surface area contributed by atoms with Gasteiger partial charge in [0.05, 0.1) is 21.6 Å². The molecule has 3 N–H and O–H groups in total. The lowest BCUT2D eigenvalue weighted by atomic mass is 9.98. The lowest BCUT2D eigenvalue weighted by Crippen LogP contribution is -2.17. The molecular formula is C17H21N3O2S. The van der Waals surface area contributed by atoms with Gasteiger partial charge in [-0.15, -0.1) is 11.3 Å². The zero-order chi connectivity index (χ0) is 16.2. The minimum atomic E-state index is -0.510. The molecule has 1 aromatic heterocycles. The van der Waals surface area contributed by atoms with Gasteiger partial charge >= 0.3 is 0 Å². The Kier molecular flexibility index (Phi) is 4.93. The maximum Gasteiger partial charge on any atom is 0.250 e. The van der Waals surface area contributed by atoms with Gasteiger partial charge in [-0.2, -0.15) is 0 Å². The zero-order valence-corrected chi connectivity index (χ0v) is 13.9. The lowest BCUT2D eigenvalue weighted by Gasteiger charge is -2.23. The number of carbonyl (C=O) groups excluding carboxylic acids is 1. The average Bonchev–Trinajstić information content (AvgIpc) is 2.99. The van der Waals surface area contributed by atoms with Crippen LogP contribution in [0, 0.1) is 0 Å². The quantitative estimate of drug-likeness (QED) is 0.787. The third-order valence-corrected chi connectivity index (χ3v) is 5.28. The molecule has 3 rings (SSSR count). The van der Waals surface area contributed by atoms with Gasteiger partial charge in [-0.1, -0.05) is 13.0 Å². The number of fused-ring (bicyclic) bond motifs is 1. The molecule has 1 aliphatic carbocycles. The molecule has 0 fully saturated rings. The number of hydrogen-bond acceptors (Lipinski definition) is 5. The summed E-state index contributed by atoms with van der Waals surface area (Å²) in [4.78, 5) is 17.4. The summed E-state index contributed by atoms with van der Waals surface area (Å²) in [6, 6.07) is 7.87. The average molecular weight is 331 g/mol. The Morgan fingerprint density at radius 2 is 2.26 bits per heavy atom. The van der Waals surface area contributed by atoms with Gasteiger partial charge < -0.3 is 15.7 Å². The predicted octanol–water partition coefficient (Wildman–Crippen LogP) is 3.13. The Morgan fingerprint density at radius 1 is 1.43 bits per heavy atom. The highest BCUT2D eigenvalue weighted by Crippen LogP contribution is 2.36. The second-order valence-corrected chi connectivity index (χ2v) is 6.76. The first kappa shape index (κ1) is 16.0. The van der Waals surface area contributed by atoms with Crippen LogP contribution in [0.4, 0.5) is 11.4 Å². The smallest absolute Gasteiger partial charge is 0.250 e. The number of carbonyl (C=O) groups is 1. The molecule has 0 bridgehead atoms. The number of nitrogens with one attached hydrogen (secondary N) is 2. The van der Waals surface area contributed by atoms with Crippen molar-refractivity contribution in [2.75, 3.05) is 17.2 Å². The second kappa shape index (κ2) is 7.10. The van der Waals surface area contributed by atoms with Crippen LogP contribution in [0.15, 0.2) is 24.3 Å². The van der Waals surface area contributed by atoms with Crippen LogP contribution in [0.3, 0.4) is 0 Å². The van der Waals surface area contributed by atoms with Crippen molar-refractivity contribution in [2.24, 2.45) is 0 Å². The normalized spacial score (nSPS) is 16.7. The van der Waals surface area contributed by atoms with E-state index in [-0.39, 0.29) is 6.04 Å². The van der Waals surface area contributed by atoms with Gasteiger partial charge in [-0.25, -0.2) is 4.98 Å². The molecule has 0 radical (unpaired) electrons. The fourth-order valence-corrected chi connectivity index (χ4v) is 3.99. The molecule has 23 heavy (non-hydrogen) atoms. The highest BCUT2D eigenvalue weighted by Gasteiger charge is 2.24. The Morgan fingerprint density at radius 3 is 3.04 bits per heavy atom. The van der Waals surface area contributed by atoms with E-state index in [1.54, 1.807) is 11.3 Å². The molecular weight excluding hydrogens is 310 g/mol. The molecule has 0 spiro atoms. The van der Waals surface area contributed by atoms with E-state index in [1.165, 1.54) is 15.6 Å². The Balaban J connectivity index is 1.76. The number of aromatic nitrogens is 1. The van der Waals surface area contributed by atoms with Crippen molar-refractivity contribution in [1.29, 1.82) is 0 Å². The molecule has 6 heteroatoms. The third-order valence-electron chi connectivity index (χ3n) is 3.93. The van der Waals surface area contributed by atoms with Gasteiger partial charge in [0.2, 0.25) is 5.91 Å². The summed E-state index contributed by atoms with van der Waals surface area (Å²) in [7, 11) is 0. The summed E-state index contributed by atoms with van der Waals surface area (Å²) in [5.41, 5.74) is 2.88. The van der Waals surface area contributed by atoms with Crippen molar-refractivity contribution in [3.63, 3.8) is 0 Å². The van der Waals surface area contributed by atoms with Crippen molar-refractivity contribution in [1.82, 2.24) is 4.98 Å². The van der Waals surface area contributed by atoms with E-state index in [1.807, 2.05) is 24.3 Å². The van der Waals surface area contributed by atoms with E-state index in [4.69, 9.17) is 10.1 Å². The van der Waals surface area contributed by atoms with Crippen LogP contribution < -0.4 is 10.6 Å². The van der Waals surface area contributed by atoms with Crippen LogP contribution in [0.1, 0.15) is 41.4 Å². The molecule has 1 atom stereocenters. The van der Waals surface area contributed by atoms with Gasteiger partial charge in [0.1, 0.15) is 6.61 Å². The number of aliphatic hydroxyl groups is 1. The molecule has 0 saturated heterocycles. The highest BCUT2D eigenvalue weighted by atomic mass is 32.1. The molecule has 0 aliphatic heterocycles. The molecule has 1 amide bonds. The fraction of sp³-hybridized carbons (Fsp3) is 0.412. The molecule has 1 heterocycles. The summed E-state index contributed by atoms with van der Waals surface area (Å²) < 4.78 is 0. The molecule has 1 aliphatic rings. The Labute approximate surface area is 139 Å². The van der Waals surface area contributed by atoms with Gasteiger partial charge in [-0.05, 0) is 43.9 Å². The molecule has 1 aromatic carbocycles. The Hall–Kier alpha value is -1.92. The van der Waals surface area contributed by atoms with Crippen LogP contribution >= 0.6 is 11.3 Å². The summed E-state index contributed by atoms with van der Waals surface area (Å²) in [5, 5.41) is 16.3. The first-order chi connectivity index (χ1) is 11.2. The van der Waals surface area contributed by atoms with Crippen LogP contribution in [0.5, 0.6) is 0 Å². The van der Waals surface area contributed by atoms with Crippen molar-refractivity contribution < 1.29 is 9.90 Å². The SMILES string of the molecule is CCc1nc2c(s1)C(Nc1cccc(NC(=O)CO)c1)CCC2. The lowest BCUT2D eigenvalue weighted by molar-refractivity contribution is -0.118. The number of aryl methyl sites for hydroxylation is 2. The standard InChI is InChI=1S/C17H21N3O2S/c1-2-16-20-14-8-4-7-13(17(14)23-16)18-11-5-3-6-12(9-11)19-15(22)10-21/h3,5-6,9,13,18,21H,2,4,7-8,10H2,1H3,(H,19,22). The van der Waals surface area contributed by atoms with Crippen molar-refractivity contribution in [3.8, 4) is 0 Å². The van der Waals surface area contributed by atoms with Crippen LogP contribution in [-0.2, 0) is 17.6 Å². The largest absolute Gasteiger partial charge is 0.387 e. The van der Waals surface area contributed by atoms with Crippen LogP contribution in [0.2, 0.25) is 0 Å². The van der Waals surface area contributed by atoms with Crippen LogP contribution in [0.25, 0.3) is 0 Å². The topological polar surface area (TPSA) is 74.2 Å². The number of benzene rings is 1. The van der Waals surface area contributed by atoms with E-state index in [0.717, 1.165) is 31.4 Å². The number of rotatable bonds is 5. The highest BCUT2D eigenvalue weighted by molar-refractivity contribution is 7.11. The van der Waals surface area contributed by atoms with Gasteiger partial charge in [0.15, 0.2) is 0 Å². The first-order valence-corrected chi connectivity index (χ1v) is 8.77. The second-order valence-electron chi connectivity index (χ2n) is 5.65. The van der Waals surface area contributed by atoms with E-state index in [2.05, 4.69) is 17.6 Å². The molecule has 1 unspecified atom stereocenters. The Bertz CT molecular complexity index is 699. The maximum atomic E-state index is 11.3. The molecule has 122 valence electrons. The van der Waals surface area contributed by atoms with E-state index in [0.29, 0.717) is 5.69 Å². The number of aliphatic hydroxyl groups excluding tert-OH is 1. The third kappa shape index (κ3) is 3.71. The number of amides is 1. The fourth-order valence-electron chi connectivity index (χ4n) is 2.85. The van der Waals surface area contributed by atoms with Gasteiger partial charge in [-0.3, -0.25) is 4.79 Å². The molecule has 0 saturated carbocycles. The molecule has 5 nitrogen and oxygen atoms in total.